The summed E-state index contributed by atoms with van der Waals surface area (Å²) in [4.78, 5) is 26.5. The Kier molecular flexibility index (Phi) is 5.56. The molecule has 0 bridgehead atoms. The minimum Gasteiger partial charge on any atom is -0.352 e. The molecular formula is C10H18ClN7O. The molecule has 0 radical (unpaired) electrons. The van der Waals surface area contributed by atoms with Crippen molar-refractivity contribution in [2.45, 2.75) is 0 Å². The van der Waals surface area contributed by atoms with Crippen LogP contribution in [0.5, 0.6) is 0 Å². The zero-order chi connectivity index (χ0) is 14.4. The number of hydrogen-bond acceptors (Lipinski definition) is 6. The van der Waals surface area contributed by atoms with E-state index in [1.807, 2.05) is 14.1 Å². The molecule has 0 atom stereocenters. The number of aromatic nitrogens is 3. The number of hydrogen-bond donors (Lipinski definition) is 2. The molecule has 106 valence electrons. The summed E-state index contributed by atoms with van der Waals surface area (Å²) in [5.41, 5.74) is 0. The Morgan fingerprint density at radius 2 is 1.84 bits per heavy atom. The van der Waals surface area contributed by atoms with Gasteiger partial charge in [0.15, 0.2) is 0 Å². The van der Waals surface area contributed by atoms with Crippen molar-refractivity contribution < 1.29 is 4.79 Å². The van der Waals surface area contributed by atoms with Crippen LogP contribution in [0.3, 0.4) is 0 Å². The van der Waals surface area contributed by atoms with E-state index in [9.17, 15) is 4.79 Å². The van der Waals surface area contributed by atoms with Crippen LogP contribution in [0.25, 0.3) is 0 Å². The maximum atomic E-state index is 11.3. The number of nitrogens with one attached hydrogen (secondary N) is 2. The number of rotatable bonds is 5. The molecule has 0 unspecified atom stereocenters. The monoisotopic (exact) mass is 287 g/mol. The lowest BCUT2D eigenvalue weighted by molar-refractivity contribution is 0.218. The van der Waals surface area contributed by atoms with E-state index < -0.39 is 0 Å². The van der Waals surface area contributed by atoms with E-state index >= 15 is 0 Å². The highest BCUT2D eigenvalue weighted by molar-refractivity contribution is 6.28. The number of carbonyl (C=O) groups excluding carboxylic acids is 1. The van der Waals surface area contributed by atoms with Gasteiger partial charge in [0, 0.05) is 41.3 Å². The summed E-state index contributed by atoms with van der Waals surface area (Å²) >= 11 is 5.79. The fraction of sp³-hybridized carbons (Fsp3) is 0.600. The van der Waals surface area contributed by atoms with Crippen molar-refractivity contribution in [1.29, 1.82) is 0 Å². The van der Waals surface area contributed by atoms with E-state index in [4.69, 9.17) is 11.6 Å². The Morgan fingerprint density at radius 3 is 2.42 bits per heavy atom. The van der Waals surface area contributed by atoms with E-state index in [2.05, 4.69) is 25.6 Å². The Balaban J connectivity index is 2.47. The number of urea groups is 1. The second-order valence-electron chi connectivity index (χ2n) is 4.18. The quantitative estimate of drug-likeness (QED) is 0.756. The highest BCUT2D eigenvalue weighted by Gasteiger charge is 2.06. The van der Waals surface area contributed by atoms with Crippen LogP contribution in [-0.2, 0) is 0 Å². The van der Waals surface area contributed by atoms with Gasteiger partial charge in [-0.2, -0.15) is 15.0 Å². The van der Waals surface area contributed by atoms with Crippen molar-refractivity contribution in [3.63, 3.8) is 0 Å². The number of halogens is 1. The van der Waals surface area contributed by atoms with Crippen LogP contribution in [-0.4, -0.2) is 67.2 Å². The molecule has 0 aliphatic rings. The summed E-state index contributed by atoms with van der Waals surface area (Å²) in [6.07, 6.45) is 0. The second kappa shape index (κ2) is 6.93. The van der Waals surface area contributed by atoms with Crippen LogP contribution in [0.15, 0.2) is 0 Å². The number of carbonyl (C=O) groups is 1. The third kappa shape index (κ3) is 5.12. The second-order valence-corrected chi connectivity index (χ2v) is 4.51. The van der Waals surface area contributed by atoms with Crippen molar-refractivity contribution in [3.05, 3.63) is 5.28 Å². The first-order valence-electron chi connectivity index (χ1n) is 5.68. The molecule has 0 saturated heterocycles. The van der Waals surface area contributed by atoms with Crippen LogP contribution in [0.2, 0.25) is 5.28 Å². The van der Waals surface area contributed by atoms with E-state index in [0.717, 1.165) is 0 Å². The van der Waals surface area contributed by atoms with Gasteiger partial charge in [0.05, 0.1) is 0 Å². The molecule has 2 N–H and O–H groups in total. The molecule has 0 saturated carbocycles. The summed E-state index contributed by atoms with van der Waals surface area (Å²) in [5.74, 6) is 0.850. The van der Waals surface area contributed by atoms with Gasteiger partial charge in [-0.15, -0.1) is 0 Å². The van der Waals surface area contributed by atoms with Crippen LogP contribution in [0.1, 0.15) is 0 Å². The van der Waals surface area contributed by atoms with Crippen LogP contribution in [0.4, 0.5) is 16.7 Å². The maximum absolute atomic E-state index is 11.3. The molecule has 0 aliphatic heterocycles. The molecular weight excluding hydrogens is 270 g/mol. The number of amides is 2. The zero-order valence-electron chi connectivity index (χ0n) is 11.4. The largest absolute Gasteiger partial charge is 0.352 e. The summed E-state index contributed by atoms with van der Waals surface area (Å²) in [6, 6.07) is -0.149. The summed E-state index contributed by atoms with van der Waals surface area (Å²) < 4.78 is 0. The van der Waals surface area contributed by atoms with Gasteiger partial charge in [-0.25, -0.2) is 4.79 Å². The average Bonchev–Trinajstić information content (AvgIpc) is 2.33. The lowest BCUT2D eigenvalue weighted by atomic mass is 10.6. The standard InChI is InChI=1S/C10H18ClN7O/c1-17(2)9-15-7(11)14-8(16-9)12-5-6-13-10(19)18(3)4/h5-6H2,1-4H3,(H,13,19)(H,12,14,15,16). The first kappa shape index (κ1) is 15.2. The van der Waals surface area contributed by atoms with E-state index in [1.165, 1.54) is 4.90 Å². The fourth-order valence-electron chi connectivity index (χ4n) is 1.12. The lowest BCUT2D eigenvalue weighted by Gasteiger charge is -2.13. The average molecular weight is 288 g/mol. The van der Waals surface area contributed by atoms with Crippen LogP contribution in [0, 0.1) is 0 Å². The first-order valence-corrected chi connectivity index (χ1v) is 6.06. The van der Waals surface area contributed by atoms with Gasteiger partial charge in [-0.3, -0.25) is 0 Å². The van der Waals surface area contributed by atoms with Gasteiger partial charge in [0.25, 0.3) is 0 Å². The molecule has 19 heavy (non-hydrogen) atoms. The molecule has 1 aromatic rings. The number of anilines is 2. The molecule has 9 heteroatoms. The summed E-state index contributed by atoms with van der Waals surface area (Å²) in [6.45, 7) is 0.949. The third-order valence-corrected chi connectivity index (χ3v) is 2.26. The predicted molar refractivity (Wildman–Crippen MR) is 74.7 cm³/mol. The summed E-state index contributed by atoms with van der Waals surface area (Å²) in [7, 11) is 6.98. The van der Waals surface area contributed by atoms with Crippen molar-refractivity contribution >= 4 is 29.5 Å². The molecule has 8 nitrogen and oxygen atoms in total. The minimum atomic E-state index is -0.149. The molecule has 0 aromatic carbocycles. The zero-order valence-corrected chi connectivity index (χ0v) is 12.2. The Bertz CT molecular complexity index is 438. The van der Waals surface area contributed by atoms with Gasteiger partial charge in [-0.1, -0.05) is 0 Å². The minimum absolute atomic E-state index is 0.124. The molecule has 0 fully saturated rings. The normalized spacial score (nSPS) is 9.95. The van der Waals surface area contributed by atoms with E-state index in [1.54, 1.807) is 19.0 Å². The van der Waals surface area contributed by atoms with Crippen molar-refractivity contribution in [3.8, 4) is 0 Å². The van der Waals surface area contributed by atoms with Crippen molar-refractivity contribution in [2.24, 2.45) is 0 Å². The highest BCUT2D eigenvalue weighted by Crippen LogP contribution is 2.10. The number of nitrogens with zero attached hydrogens (tertiary/aromatic N) is 5. The lowest BCUT2D eigenvalue weighted by Crippen LogP contribution is -2.37. The Hall–Kier alpha value is -1.83. The van der Waals surface area contributed by atoms with Gasteiger partial charge in [0.1, 0.15) is 0 Å². The smallest absolute Gasteiger partial charge is 0.316 e. The molecule has 1 aromatic heterocycles. The van der Waals surface area contributed by atoms with Crippen LogP contribution >= 0.6 is 11.6 Å². The topological polar surface area (TPSA) is 86.3 Å². The van der Waals surface area contributed by atoms with Crippen molar-refractivity contribution in [1.82, 2.24) is 25.2 Å². The van der Waals surface area contributed by atoms with Gasteiger partial charge >= 0.3 is 6.03 Å². The molecule has 0 aliphatic carbocycles. The molecule has 0 spiro atoms. The van der Waals surface area contributed by atoms with Gasteiger partial charge in [0.2, 0.25) is 17.2 Å². The van der Waals surface area contributed by atoms with Crippen LogP contribution < -0.4 is 15.5 Å². The Labute approximate surface area is 117 Å². The highest BCUT2D eigenvalue weighted by atomic mass is 35.5. The third-order valence-electron chi connectivity index (χ3n) is 2.09. The molecule has 1 rings (SSSR count). The molecule has 1 heterocycles. The van der Waals surface area contributed by atoms with E-state index in [-0.39, 0.29) is 11.3 Å². The first-order chi connectivity index (χ1) is 8.90. The van der Waals surface area contributed by atoms with Gasteiger partial charge < -0.3 is 20.4 Å². The summed E-state index contributed by atoms with van der Waals surface area (Å²) in [5, 5.41) is 5.81. The van der Waals surface area contributed by atoms with E-state index in [0.29, 0.717) is 25.0 Å². The molecule has 2 amide bonds. The van der Waals surface area contributed by atoms with Crippen molar-refractivity contribution in [2.75, 3.05) is 51.5 Å². The van der Waals surface area contributed by atoms with Gasteiger partial charge in [-0.05, 0) is 11.6 Å². The Morgan fingerprint density at radius 1 is 1.16 bits per heavy atom. The SMILES string of the molecule is CN(C)C(=O)NCCNc1nc(Cl)nc(N(C)C)n1. The fourth-order valence-corrected chi connectivity index (χ4v) is 1.28. The predicted octanol–water partition coefficient (Wildman–Crippen LogP) is 0.274. The maximum Gasteiger partial charge on any atom is 0.316 e.